The van der Waals surface area contributed by atoms with Gasteiger partial charge in [-0.2, -0.15) is 0 Å². The summed E-state index contributed by atoms with van der Waals surface area (Å²) in [5.74, 6) is 0.711. The third-order valence-electron chi connectivity index (χ3n) is 2.85. The quantitative estimate of drug-likeness (QED) is 0.828. The van der Waals surface area contributed by atoms with E-state index in [9.17, 15) is 0 Å². The lowest BCUT2D eigenvalue weighted by Gasteiger charge is -2.26. The molecule has 1 aliphatic carbocycles. The molecule has 1 fully saturated rings. The zero-order valence-corrected chi connectivity index (χ0v) is 10.1. The van der Waals surface area contributed by atoms with Crippen LogP contribution in [0.15, 0.2) is 18.3 Å². The highest BCUT2D eigenvalue weighted by Gasteiger charge is 2.15. The fraction of sp³-hybridized carbons (Fsp3) is 0.615. The summed E-state index contributed by atoms with van der Waals surface area (Å²) in [4.78, 5) is 4.28. The maximum Gasteiger partial charge on any atom is 0.213 e. The summed E-state index contributed by atoms with van der Waals surface area (Å²) in [6.07, 6.45) is 6.09. The van der Waals surface area contributed by atoms with Crippen molar-refractivity contribution in [2.24, 2.45) is 0 Å². The number of nitrogens with zero attached hydrogens (tertiary/aromatic N) is 1. The van der Waals surface area contributed by atoms with Gasteiger partial charge in [-0.05, 0) is 32.3 Å². The third-order valence-corrected chi connectivity index (χ3v) is 2.85. The smallest absolute Gasteiger partial charge is 0.213 e. The summed E-state index contributed by atoms with van der Waals surface area (Å²) >= 11 is 0. The van der Waals surface area contributed by atoms with Gasteiger partial charge in [-0.1, -0.05) is 12.5 Å². The molecule has 3 nitrogen and oxygen atoms in total. The van der Waals surface area contributed by atoms with Gasteiger partial charge in [0, 0.05) is 24.8 Å². The fourth-order valence-corrected chi connectivity index (χ4v) is 1.70. The van der Waals surface area contributed by atoms with E-state index in [1.807, 2.05) is 26.1 Å². The van der Waals surface area contributed by atoms with Crippen LogP contribution in [0.25, 0.3) is 0 Å². The molecule has 2 rings (SSSR count). The third kappa shape index (κ3) is 3.20. The predicted molar refractivity (Wildman–Crippen MR) is 64.5 cm³/mol. The van der Waals surface area contributed by atoms with Gasteiger partial charge in [-0.25, -0.2) is 4.98 Å². The molecule has 0 spiro atoms. The summed E-state index contributed by atoms with van der Waals surface area (Å²) < 4.78 is 5.50. The van der Waals surface area contributed by atoms with Gasteiger partial charge < -0.3 is 10.1 Å². The van der Waals surface area contributed by atoms with Gasteiger partial charge in [0.05, 0.1) is 6.10 Å². The highest BCUT2D eigenvalue weighted by atomic mass is 16.5. The van der Waals surface area contributed by atoms with E-state index in [0.29, 0.717) is 5.88 Å². The molecule has 1 heterocycles. The van der Waals surface area contributed by atoms with Crippen LogP contribution in [0.5, 0.6) is 5.88 Å². The molecule has 1 saturated carbocycles. The number of ether oxygens (including phenoxy) is 1. The lowest BCUT2D eigenvalue weighted by molar-refractivity contribution is 0.232. The molecule has 0 unspecified atom stereocenters. The second-order valence-corrected chi connectivity index (χ2v) is 4.68. The van der Waals surface area contributed by atoms with Gasteiger partial charge in [0.2, 0.25) is 5.88 Å². The van der Waals surface area contributed by atoms with Gasteiger partial charge in [0.1, 0.15) is 0 Å². The molecule has 0 aliphatic heterocycles. The van der Waals surface area contributed by atoms with Gasteiger partial charge in [-0.3, -0.25) is 0 Å². The molecule has 0 saturated heterocycles. The number of rotatable bonds is 5. The maximum absolute atomic E-state index is 5.50. The van der Waals surface area contributed by atoms with Crippen molar-refractivity contribution in [1.82, 2.24) is 10.3 Å². The van der Waals surface area contributed by atoms with Crippen molar-refractivity contribution in [3.05, 3.63) is 23.9 Å². The SMILES string of the molecule is CC(C)Oc1ccc(CNC2CCC2)cn1. The van der Waals surface area contributed by atoms with Crippen molar-refractivity contribution in [2.75, 3.05) is 0 Å². The highest BCUT2D eigenvalue weighted by Crippen LogP contribution is 2.18. The summed E-state index contributed by atoms with van der Waals surface area (Å²) in [6.45, 7) is 4.93. The van der Waals surface area contributed by atoms with Crippen LogP contribution in [0.3, 0.4) is 0 Å². The molecule has 1 N–H and O–H groups in total. The monoisotopic (exact) mass is 220 g/mol. The summed E-state index contributed by atoms with van der Waals surface area (Å²) in [5, 5.41) is 3.51. The molecule has 0 atom stereocenters. The molecule has 0 bridgehead atoms. The standard InChI is InChI=1S/C13H20N2O/c1-10(2)16-13-7-6-11(9-15-13)8-14-12-4-3-5-12/h6-7,9-10,12,14H,3-5,8H2,1-2H3. The molecule has 0 radical (unpaired) electrons. The molecule has 88 valence electrons. The lowest BCUT2D eigenvalue weighted by atomic mass is 9.93. The number of aromatic nitrogens is 1. The number of hydrogen-bond acceptors (Lipinski definition) is 3. The molecule has 1 aromatic heterocycles. The second-order valence-electron chi connectivity index (χ2n) is 4.68. The topological polar surface area (TPSA) is 34.1 Å². The van der Waals surface area contributed by atoms with Crippen molar-refractivity contribution >= 4 is 0 Å². The largest absolute Gasteiger partial charge is 0.475 e. The lowest BCUT2D eigenvalue weighted by Crippen LogP contribution is -2.34. The minimum absolute atomic E-state index is 0.187. The molecular weight excluding hydrogens is 200 g/mol. The van der Waals surface area contributed by atoms with E-state index >= 15 is 0 Å². The normalized spacial score (nSPS) is 16.2. The Hall–Kier alpha value is -1.09. The van der Waals surface area contributed by atoms with E-state index in [2.05, 4.69) is 16.4 Å². The van der Waals surface area contributed by atoms with Crippen molar-refractivity contribution < 1.29 is 4.74 Å². The first-order valence-electron chi connectivity index (χ1n) is 6.09. The van der Waals surface area contributed by atoms with Crippen molar-refractivity contribution in [1.29, 1.82) is 0 Å². The first-order valence-corrected chi connectivity index (χ1v) is 6.09. The summed E-state index contributed by atoms with van der Waals surface area (Å²) in [7, 11) is 0. The minimum Gasteiger partial charge on any atom is -0.475 e. The molecule has 0 aromatic carbocycles. The van der Waals surface area contributed by atoms with Crippen LogP contribution >= 0.6 is 0 Å². The summed E-state index contributed by atoms with van der Waals surface area (Å²) in [6, 6.07) is 4.75. The Balaban J connectivity index is 1.81. The Kier molecular flexibility index (Phi) is 3.78. The average molecular weight is 220 g/mol. The first-order chi connectivity index (χ1) is 7.74. The fourth-order valence-electron chi connectivity index (χ4n) is 1.70. The van der Waals surface area contributed by atoms with Crippen LogP contribution < -0.4 is 10.1 Å². The molecule has 0 amide bonds. The van der Waals surface area contributed by atoms with Crippen LogP contribution in [0, 0.1) is 0 Å². The summed E-state index contributed by atoms with van der Waals surface area (Å²) in [5.41, 5.74) is 1.23. The Morgan fingerprint density at radius 3 is 2.75 bits per heavy atom. The van der Waals surface area contributed by atoms with E-state index in [1.165, 1.54) is 24.8 Å². The van der Waals surface area contributed by atoms with Gasteiger partial charge >= 0.3 is 0 Å². The van der Waals surface area contributed by atoms with Gasteiger partial charge in [0.15, 0.2) is 0 Å². The molecule has 3 heteroatoms. The Bertz CT molecular complexity index is 317. The number of hydrogen-bond donors (Lipinski definition) is 1. The molecule has 1 aliphatic rings. The van der Waals surface area contributed by atoms with Crippen LogP contribution in [0.4, 0.5) is 0 Å². The van der Waals surface area contributed by atoms with E-state index in [0.717, 1.165) is 12.6 Å². The molecular formula is C13H20N2O. The zero-order valence-electron chi connectivity index (χ0n) is 10.1. The minimum atomic E-state index is 0.187. The predicted octanol–water partition coefficient (Wildman–Crippen LogP) is 2.51. The van der Waals surface area contributed by atoms with E-state index in [-0.39, 0.29) is 6.10 Å². The number of pyridine rings is 1. The van der Waals surface area contributed by atoms with Crippen molar-refractivity contribution in [2.45, 2.75) is 51.8 Å². The van der Waals surface area contributed by atoms with Crippen molar-refractivity contribution in [3.8, 4) is 5.88 Å². The Morgan fingerprint density at radius 2 is 2.25 bits per heavy atom. The second kappa shape index (κ2) is 5.30. The maximum atomic E-state index is 5.50. The van der Waals surface area contributed by atoms with Gasteiger partial charge in [0.25, 0.3) is 0 Å². The van der Waals surface area contributed by atoms with Crippen molar-refractivity contribution in [3.63, 3.8) is 0 Å². The van der Waals surface area contributed by atoms with Crippen LogP contribution in [-0.4, -0.2) is 17.1 Å². The van der Waals surface area contributed by atoms with Crippen LogP contribution in [0.1, 0.15) is 38.7 Å². The molecule has 16 heavy (non-hydrogen) atoms. The van der Waals surface area contributed by atoms with E-state index < -0.39 is 0 Å². The Morgan fingerprint density at radius 1 is 1.44 bits per heavy atom. The van der Waals surface area contributed by atoms with Crippen LogP contribution in [0.2, 0.25) is 0 Å². The van der Waals surface area contributed by atoms with Crippen LogP contribution in [-0.2, 0) is 6.54 Å². The molecule has 1 aromatic rings. The average Bonchev–Trinajstić information content (AvgIpc) is 2.17. The first kappa shape index (κ1) is 11.4. The zero-order chi connectivity index (χ0) is 11.4. The Labute approximate surface area is 97.2 Å². The number of nitrogens with one attached hydrogen (secondary N) is 1. The van der Waals surface area contributed by atoms with Gasteiger partial charge in [-0.15, -0.1) is 0 Å². The highest BCUT2D eigenvalue weighted by molar-refractivity contribution is 5.18. The van der Waals surface area contributed by atoms with E-state index in [1.54, 1.807) is 0 Å². The van der Waals surface area contributed by atoms with E-state index in [4.69, 9.17) is 4.74 Å².